The minimum absolute atomic E-state index is 0.0818. The summed E-state index contributed by atoms with van der Waals surface area (Å²) in [6, 6.07) is 3.81. The van der Waals surface area contributed by atoms with Crippen LogP contribution in [0.3, 0.4) is 0 Å². The number of hydrogen-bond acceptors (Lipinski definition) is 4. The van der Waals surface area contributed by atoms with Gasteiger partial charge in [-0.15, -0.1) is 0 Å². The maximum absolute atomic E-state index is 11.0. The molecule has 0 aromatic heterocycles. The number of halogens is 1. The summed E-state index contributed by atoms with van der Waals surface area (Å²) in [7, 11) is 0. The van der Waals surface area contributed by atoms with Gasteiger partial charge in [-0.1, -0.05) is 36.5 Å². The molecule has 0 fully saturated rings. The molecule has 0 saturated carbocycles. The van der Waals surface area contributed by atoms with Crippen molar-refractivity contribution in [2.45, 2.75) is 26.4 Å². The third-order valence-electron chi connectivity index (χ3n) is 3.42. The lowest BCUT2D eigenvalue weighted by Gasteiger charge is -2.11. The summed E-state index contributed by atoms with van der Waals surface area (Å²) in [6.45, 7) is 11.5. The Kier molecular flexibility index (Phi) is 5.55. The number of nitrogens with one attached hydrogen (secondary N) is 2. The van der Waals surface area contributed by atoms with Gasteiger partial charge in [0.1, 0.15) is 11.9 Å². The Balaban J connectivity index is 2.13. The average Bonchev–Trinajstić information content (AvgIpc) is 2.88. The van der Waals surface area contributed by atoms with Gasteiger partial charge in [-0.3, -0.25) is 4.79 Å². The fourth-order valence-electron chi connectivity index (χ4n) is 2.20. The maximum atomic E-state index is 11.0. The van der Waals surface area contributed by atoms with E-state index in [-0.39, 0.29) is 12.0 Å². The van der Waals surface area contributed by atoms with E-state index in [2.05, 4.69) is 18.5 Å². The predicted molar refractivity (Wildman–Crippen MR) is 97.4 cm³/mol. The second kappa shape index (κ2) is 7.23. The number of carbonyl (C=O) groups excluding carboxylic acids is 1. The predicted octanol–water partition coefficient (Wildman–Crippen LogP) is 4.04. The van der Waals surface area contributed by atoms with Crippen LogP contribution in [0.2, 0.25) is 5.02 Å². The molecule has 1 atom stereocenters. The minimum Gasteiger partial charge on any atom is -0.486 e. The fourth-order valence-corrected chi connectivity index (χ4v) is 3.17. The Morgan fingerprint density at radius 2 is 2.17 bits per heavy atom. The summed E-state index contributed by atoms with van der Waals surface area (Å²) in [5.41, 5.74) is 2.31. The molecule has 1 aromatic rings. The van der Waals surface area contributed by atoms with Crippen LogP contribution in [-0.4, -0.2) is 24.3 Å². The van der Waals surface area contributed by atoms with Crippen LogP contribution < -0.4 is 10.1 Å². The number of benzene rings is 1. The van der Waals surface area contributed by atoms with Crippen LogP contribution in [0.1, 0.15) is 25.0 Å². The third kappa shape index (κ3) is 4.39. The molecule has 1 amide bonds. The van der Waals surface area contributed by atoms with E-state index in [0.717, 1.165) is 16.0 Å². The number of allylic oxidation sites excluding steroid dienone is 1. The quantitative estimate of drug-likeness (QED) is 0.761. The molecule has 1 unspecified atom stereocenters. The van der Waals surface area contributed by atoms with Gasteiger partial charge >= 0.3 is 0 Å². The van der Waals surface area contributed by atoms with Gasteiger partial charge in [0.05, 0.1) is 11.6 Å². The standard InChI is InChI=1S/C17H19ClN2O2S/c1-9(19)10(2)23-11(3)13-5-14-6-15(8-20-12(4)21)22-17(14)16(18)7-13/h5,7,15,19H,2-3,6,8H2,1,4H3,(H,20,21). The largest absolute Gasteiger partial charge is 0.486 e. The first-order chi connectivity index (χ1) is 10.8. The molecule has 1 aromatic carbocycles. The Morgan fingerprint density at radius 1 is 1.48 bits per heavy atom. The van der Waals surface area contributed by atoms with E-state index in [4.69, 9.17) is 21.7 Å². The van der Waals surface area contributed by atoms with Gasteiger partial charge in [0, 0.05) is 34.4 Å². The molecule has 0 bridgehead atoms. The second-order valence-electron chi connectivity index (χ2n) is 5.40. The van der Waals surface area contributed by atoms with Crippen molar-refractivity contribution in [1.29, 1.82) is 5.41 Å². The monoisotopic (exact) mass is 350 g/mol. The van der Waals surface area contributed by atoms with Crippen LogP contribution in [0, 0.1) is 5.41 Å². The Hall–Kier alpha value is -1.72. The molecule has 23 heavy (non-hydrogen) atoms. The van der Waals surface area contributed by atoms with Gasteiger partial charge in [0.25, 0.3) is 0 Å². The third-order valence-corrected chi connectivity index (χ3v) is 4.73. The molecule has 0 saturated heterocycles. The highest BCUT2D eigenvalue weighted by Gasteiger charge is 2.26. The van der Waals surface area contributed by atoms with Crippen molar-refractivity contribution in [2.75, 3.05) is 6.54 Å². The summed E-state index contributed by atoms with van der Waals surface area (Å²) < 4.78 is 5.81. The smallest absolute Gasteiger partial charge is 0.217 e. The van der Waals surface area contributed by atoms with Crippen molar-refractivity contribution in [2.24, 2.45) is 0 Å². The summed E-state index contributed by atoms with van der Waals surface area (Å²) in [6.07, 6.45) is 0.576. The molecule has 1 aliphatic rings. The average molecular weight is 351 g/mol. The van der Waals surface area contributed by atoms with Crippen LogP contribution >= 0.6 is 23.4 Å². The van der Waals surface area contributed by atoms with Crippen LogP contribution in [-0.2, 0) is 11.2 Å². The maximum Gasteiger partial charge on any atom is 0.217 e. The Labute approximate surface area is 145 Å². The number of hydrogen-bond donors (Lipinski definition) is 2. The zero-order valence-electron chi connectivity index (χ0n) is 13.2. The van der Waals surface area contributed by atoms with Crippen molar-refractivity contribution in [3.63, 3.8) is 0 Å². The molecule has 4 nitrogen and oxygen atoms in total. The van der Waals surface area contributed by atoms with Crippen molar-refractivity contribution >= 4 is 39.9 Å². The molecular formula is C17H19ClN2O2S. The number of carbonyl (C=O) groups is 1. The summed E-state index contributed by atoms with van der Waals surface area (Å²) in [5, 5.41) is 10.9. The minimum atomic E-state index is -0.110. The van der Waals surface area contributed by atoms with Gasteiger partial charge in [0.2, 0.25) is 5.91 Å². The molecule has 6 heteroatoms. The number of thioether (sulfide) groups is 1. The van der Waals surface area contributed by atoms with E-state index in [1.165, 1.54) is 18.7 Å². The summed E-state index contributed by atoms with van der Waals surface area (Å²) >= 11 is 7.68. The number of fused-ring (bicyclic) bond motifs is 1. The van der Waals surface area contributed by atoms with E-state index in [0.29, 0.717) is 34.4 Å². The van der Waals surface area contributed by atoms with Crippen molar-refractivity contribution in [3.05, 3.63) is 46.3 Å². The van der Waals surface area contributed by atoms with Gasteiger partial charge in [-0.2, -0.15) is 0 Å². The van der Waals surface area contributed by atoms with Crippen molar-refractivity contribution in [1.82, 2.24) is 5.32 Å². The number of ether oxygens (including phenoxy) is 1. The highest BCUT2D eigenvalue weighted by molar-refractivity contribution is 8.12. The zero-order valence-corrected chi connectivity index (χ0v) is 14.7. The Bertz CT molecular complexity index is 700. The normalized spacial score (nSPS) is 15.5. The van der Waals surface area contributed by atoms with E-state index in [1.54, 1.807) is 6.92 Å². The number of amides is 1. The summed E-state index contributed by atoms with van der Waals surface area (Å²) in [5.74, 6) is 0.590. The lowest BCUT2D eigenvalue weighted by molar-refractivity contribution is -0.119. The van der Waals surface area contributed by atoms with E-state index < -0.39 is 0 Å². The lowest BCUT2D eigenvalue weighted by Crippen LogP contribution is -2.32. The van der Waals surface area contributed by atoms with E-state index >= 15 is 0 Å². The van der Waals surface area contributed by atoms with Crippen molar-refractivity contribution in [3.8, 4) is 5.75 Å². The van der Waals surface area contributed by atoms with Crippen molar-refractivity contribution < 1.29 is 9.53 Å². The zero-order chi connectivity index (χ0) is 17.1. The number of rotatable bonds is 6. The van der Waals surface area contributed by atoms with Crippen LogP contribution in [0.4, 0.5) is 0 Å². The molecule has 0 radical (unpaired) electrons. The van der Waals surface area contributed by atoms with Crippen LogP contribution in [0.5, 0.6) is 5.75 Å². The second-order valence-corrected chi connectivity index (χ2v) is 7.00. The molecule has 0 aliphatic carbocycles. The molecular weight excluding hydrogens is 332 g/mol. The molecule has 1 heterocycles. The molecule has 2 rings (SSSR count). The first-order valence-electron chi connectivity index (χ1n) is 7.13. The first-order valence-corrected chi connectivity index (χ1v) is 8.32. The molecule has 1 aliphatic heterocycles. The Morgan fingerprint density at radius 3 is 2.78 bits per heavy atom. The van der Waals surface area contributed by atoms with Gasteiger partial charge in [-0.05, 0) is 24.6 Å². The molecule has 0 spiro atoms. The van der Waals surface area contributed by atoms with E-state index in [1.807, 2.05) is 12.1 Å². The lowest BCUT2D eigenvalue weighted by atomic mass is 10.1. The molecule has 2 N–H and O–H groups in total. The summed E-state index contributed by atoms with van der Waals surface area (Å²) in [4.78, 5) is 12.5. The SMILES string of the molecule is C=C(SC(=C)c1cc(Cl)c2c(c1)CC(CNC(C)=O)O2)C(C)=N. The van der Waals surface area contributed by atoms with Crippen LogP contribution in [0.25, 0.3) is 4.91 Å². The molecule has 122 valence electrons. The topological polar surface area (TPSA) is 62.2 Å². The van der Waals surface area contributed by atoms with Gasteiger partial charge in [-0.25, -0.2) is 0 Å². The van der Waals surface area contributed by atoms with Gasteiger partial charge < -0.3 is 15.5 Å². The first kappa shape index (κ1) is 17.6. The highest BCUT2D eigenvalue weighted by atomic mass is 35.5. The van der Waals surface area contributed by atoms with Crippen LogP contribution in [0.15, 0.2) is 30.2 Å². The fraction of sp³-hybridized carbons (Fsp3) is 0.294. The van der Waals surface area contributed by atoms with E-state index in [9.17, 15) is 4.79 Å². The highest BCUT2D eigenvalue weighted by Crippen LogP contribution is 2.41. The van der Waals surface area contributed by atoms with Gasteiger partial charge in [0.15, 0.2) is 0 Å².